The summed E-state index contributed by atoms with van der Waals surface area (Å²) in [5.41, 5.74) is 0.305. The van der Waals surface area contributed by atoms with Crippen molar-refractivity contribution >= 4 is 95.6 Å². The zero-order valence-electron chi connectivity index (χ0n) is 44.2. The normalized spacial score (nSPS) is 16.7. The Balaban J connectivity index is 1.23. The van der Waals surface area contributed by atoms with Gasteiger partial charge in [0.05, 0.1) is 61.6 Å². The van der Waals surface area contributed by atoms with E-state index in [-0.39, 0.29) is 105 Å². The van der Waals surface area contributed by atoms with Crippen molar-refractivity contribution in [2.45, 2.75) is 90.2 Å². The Morgan fingerprint density at radius 1 is 0.667 bits per heavy atom. The molecule has 440 valence electrons. The third kappa shape index (κ3) is 15.5. The number of fused-ring (bicyclic) bond motifs is 4. The molecule has 1 atom stereocenters. The molecule has 5 N–H and O–H groups in total. The van der Waals surface area contributed by atoms with Gasteiger partial charge in [-0.15, -0.1) is 5.06 Å². The predicted octanol–water partition coefficient (Wildman–Crippen LogP) is 6.17. The van der Waals surface area contributed by atoms with Crippen molar-refractivity contribution in [3.8, 4) is 0 Å². The number of amides is 2. The maximum Gasteiger partial charge on any atom is 0.335 e. The fourth-order valence-electron chi connectivity index (χ4n) is 9.73. The van der Waals surface area contributed by atoms with Crippen LogP contribution in [-0.2, 0) is 94.9 Å². The van der Waals surface area contributed by atoms with Crippen molar-refractivity contribution in [2.75, 3.05) is 56.8 Å². The third-order valence-electron chi connectivity index (χ3n) is 13.5. The fraction of sp³-hybridized carbons (Fsp3) is 0.365. The number of aryl methyl sites for hydroxylation is 1. The zero-order valence-corrected chi connectivity index (χ0v) is 48.3. The highest BCUT2D eigenvalue weighted by Crippen LogP contribution is 2.52. The number of nitrogens with zero attached hydrogens (tertiary/aromatic N) is 2. The lowest BCUT2D eigenvalue weighted by Gasteiger charge is -2.34. The SMILES string of the molecule is C=C(/C=C/C=C/C=C/C=C1/N(CCOCCOCCOCCC(=O)ON2C(=O)CCC2=O)c2ccc3c(S(=O)(=O)O)cc(S(=O)(=O)O)cc3c2C1(C)C)C(C)(CCCS(=O)(=O)O)c1c(C)ccc2c(S(=O)(=O)O)cc(S(=O)(=O)O)cc12. The summed E-state index contributed by atoms with van der Waals surface area (Å²) in [4.78, 5) is 38.8. The lowest BCUT2D eigenvalue weighted by Crippen LogP contribution is -2.32. The van der Waals surface area contributed by atoms with Crippen molar-refractivity contribution in [2.24, 2.45) is 0 Å². The lowest BCUT2D eigenvalue weighted by atomic mass is 9.70. The topological polar surface area (TPSA) is 366 Å². The van der Waals surface area contributed by atoms with E-state index in [0.717, 1.165) is 12.1 Å². The van der Waals surface area contributed by atoms with E-state index in [4.69, 9.17) is 19.0 Å². The molecule has 0 saturated carbocycles. The van der Waals surface area contributed by atoms with Crippen LogP contribution in [0.25, 0.3) is 21.5 Å². The largest absolute Gasteiger partial charge is 0.378 e. The zero-order chi connectivity index (χ0) is 60.1. The highest BCUT2D eigenvalue weighted by molar-refractivity contribution is 7.87. The molecule has 1 unspecified atom stereocenters. The van der Waals surface area contributed by atoms with Gasteiger partial charge in [0.2, 0.25) is 0 Å². The molecule has 0 aliphatic carbocycles. The molecule has 2 aliphatic heterocycles. The van der Waals surface area contributed by atoms with Crippen molar-refractivity contribution in [3.05, 3.63) is 126 Å². The Kier molecular flexibility index (Phi) is 19.9. The molecule has 2 heterocycles. The van der Waals surface area contributed by atoms with Gasteiger partial charge in [-0.3, -0.25) is 32.4 Å². The first-order valence-corrected chi connectivity index (χ1v) is 32.0. The second kappa shape index (κ2) is 25.2. The number of imide groups is 1. The minimum Gasteiger partial charge on any atom is -0.378 e. The summed E-state index contributed by atoms with van der Waals surface area (Å²) in [5, 5.41) is 0.413. The van der Waals surface area contributed by atoms with Gasteiger partial charge in [-0.25, -0.2) is 4.79 Å². The second-order valence-corrected chi connectivity index (χ2v) is 26.7. The summed E-state index contributed by atoms with van der Waals surface area (Å²) in [6, 6.07) is 9.30. The van der Waals surface area contributed by atoms with Gasteiger partial charge in [0.15, 0.2) is 0 Å². The molecule has 6 rings (SSSR count). The highest BCUT2D eigenvalue weighted by Gasteiger charge is 2.42. The molecule has 29 heteroatoms. The highest BCUT2D eigenvalue weighted by atomic mass is 32.2. The van der Waals surface area contributed by atoms with Crippen LogP contribution in [0.4, 0.5) is 5.69 Å². The maximum absolute atomic E-state index is 12.6. The number of benzene rings is 4. The summed E-state index contributed by atoms with van der Waals surface area (Å²) >= 11 is 0. The van der Waals surface area contributed by atoms with Gasteiger partial charge in [0, 0.05) is 52.4 Å². The standard InChI is InChI=1S/C52H60N2O22S5/c1-34-14-15-38-40(30-36(78(61,62)63)32-43(38)80(67,68)69)49(34)52(5,21-11-29-77(58,59)60)35(2)12-9-7-6-8-10-13-45-51(3,4)50-41-31-37(79(64,65)66)33-44(81(70,71)72)39(41)16-17-42(50)53(45)22-24-74-26-28-75-27-25-73-23-20-48(57)76-54-46(55)18-19-47(54)56/h6-10,12-17,30-33H,2,11,18-29H2,1,3-5H3,(H,58,59,60)(H,61,62,63)(H,64,65,66)(H,67,68,69)(H,70,71,72)/b7-6+,10-8+,12-9+,45-13+. The van der Waals surface area contributed by atoms with Gasteiger partial charge in [-0.2, -0.15) is 42.1 Å². The van der Waals surface area contributed by atoms with Gasteiger partial charge in [-0.1, -0.05) is 82.0 Å². The quantitative estimate of drug-likeness (QED) is 0.0193. The number of allylic oxidation sites excluding steroid dienone is 9. The number of carbonyl (C=O) groups is 3. The van der Waals surface area contributed by atoms with Crippen molar-refractivity contribution in [1.29, 1.82) is 0 Å². The molecular formula is C52H60N2O22S5. The molecule has 0 spiro atoms. The number of hydrogen-bond donors (Lipinski definition) is 5. The second-order valence-electron chi connectivity index (χ2n) is 19.5. The number of anilines is 1. The maximum atomic E-state index is 12.6. The molecule has 2 aliphatic rings. The van der Waals surface area contributed by atoms with Gasteiger partial charge in [0.1, 0.15) is 9.79 Å². The van der Waals surface area contributed by atoms with Gasteiger partial charge < -0.3 is 23.9 Å². The molecule has 81 heavy (non-hydrogen) atoms. The van der Waals surface area contributed by atoms with Crippen molar-refractivity contribution in [1.82, 2.24) is 5.06 Å². The van der Waals surface area contributed by atoms with Gasteiger partial charge in [-0.05, 0) is 89.2 Å². The van der Waals surface area contributed by atoms with Crippen LogP contribution >= 0.6 is 0 Å². The Hall–Kier alpha value is -6.06. The van der Waals surface area contributed by atoms with Crippen LogP contribution in [0.5, 0.6) is 0 Å². The van der Waals surface area contributed by atoms with E-state index in [1.54, 1.807) is 76.3 Å². The average molecular weight is 1230 g/mol. The molecule has 4 aromatic rings. The van der Waals surface area contributed by atoms with Crippen LogP contribution in [0, 0.1) is 6.92 Å². The first-order valence-electron chi connectivity index (χ1n) is 24.6. The van der Waals surface area contributed by atoms with Crippen LogP contribution in [0.2, 0.25) is 0 Å². The Morgan fingerprint density at radius 2 is 1.17 bits per heavy atom. The summed E-state index contributed by atoms with van der Waals surface area (Å²) in [5.74, 6) is -2.68. The first kappa shape index (κ1) is 64.1. The van der Waals surface area contributed by atoms with Crippen LogP contribution in [-0.4, -0.2) is 140 Å². The molecule has 1 saturated heterocycles. The molecule has 0 aromatic heterocycles. The number of ether oxygens (including phenoxy) is 3. The number of rotatable bonds is 27. The van der Waals surface area contributed by atoms with Crippen molar-refractivity contribution in [3.63, 3.8) is 0 Å². The van der Waals surface area contributed by atoms with E-state index >= 15 is 0 Å². The van der Waals surface area contributed by atoms with Gasteiger partial charge in [0.25, 0.3) is 62.4 Å². The summed E-state index contributed by atoms with van der Waals surface area (Å²) in [7, 11) is -24.6. The summed E-state index contributed by atoms with van der Waals surface area (Å²) in [6.07, 6.45) is 11.0. The monoisotopic (exact) mass is 1220 g/mol. The number of hydroxylamine groups is 2. The van der Waals surface area contributed by atoms with Gasteiger partial charge >= 0.3 is 5.97 Å². The van der Waals surface area contributed by atoms with Crippen LogP contribution in [0.15, 0.2) is 128 Å². The molecule has 0 radical (unpaired) electrons. The summed E-state index contributed by atoms with van der Waals surface area (Å²) in [6.45, 7) is 11.8. The Bertz CT molecular complexity index is 3870. The summed E-state index contributed by atoms with van der Waals surface area (Å²) < 4.78 is 191. The van der Waals surface area contributed by atoms with Crippen LogP contribution < -0.4 is 4.90 Å². The van der Waals surface area contributed by atoms with E-state index in [1.165, 1.54) is 18.2 Å². The molecule has 24 nitrogen and oxygen atoms in total. The van der Waals surface area contributed by atoms with E-state index in [2.05, 4.69) is 6.58 Å². The smallest absolute Gasteiger partial charge is 0.335 e. The minimum atomic E-state index is -5.07. The fourth-order valence-corrected chi connectivity index (χ4v) is 12.9. The average Bonchev–Trinajstić information content (AvgIpc) is 3.82. The molecule has 1 fully saturated rings. The molecule has 2 amide bonds. The van der Waals surface area contributed by atoms with E-state index in [1.807, 2.05) is 4.90 Å². The minimum absolute atomic E-state index is 0.0143. The molecular weight excluding hydrogens is 1160 g/mol. The molecule has 4 aromatic carbocycles. The van der Waals surface area contributed by atoms with E-state index in [9.17, 15) is 79.2 Å². The van der Waals surface area contributed by atoms with E-state index < -0.39 is 105 Å². The third-order valence-corrected chi connectivity index (χ3v) is 17.8. The van der Waals surface area contributed by atoms with E-state index in [0.29, 0.717) is 45.3 Å². The predicted molar refractivity (Wildman–Crippen MR) is 294 cm³/mol. The lowest BCUT2D eigenvalue weighted by molar-refractivity contribution is -0.198. The van der Waals surface area contributed by atoms with Crippen LogP contribution in [0.3, 0.4) is 0 Å². The molecule has 0 bridgehead atoms. The first-order chi connectivity index (χ1) is 37.6. The number of carbonyl (C=O) groups excluding carboxylic acids is 3. The van der Waals surface area contributed by atoms with Crippen molar-refractivity contribution < 1.29 is 98.3 Å². The Morgan fingerprint density at radius 3 is 1.73 bits per heavy atom. The van der Waals surface area contributed by atoms with Crippen LogP contribution in [0.1, 0.15) is 69.6 Å². The number of hydrogen-bond acceptors (Lipinski definition) is 18. The Labute approximate surface area is 469 Å².